The van der Waals surface area contributed by atoms with Crippen molar-refractivity contribution < 1.29 is 23.8 Å². The first kappa shape index (κ1) is 25.0. The number of carboxylic acids is 1. The van der Waals surface area contributed by atoms with Gasteiger partial charge in [-0.05, 0) is 56.4 Å². The molecule has 0 aliphatic carbocycles. The molecule has 34 heavy (non-hydrogen) atoms. The van der Waals surface area contributed by atoms with Crippen molar-refractivity contribution in [2.24, 2.45) is 5.92 Å². The van der Waals surface area contributed by atoms with Crippen LogP contribution in [0.5, 0.6) is 5.75 Å². The number of ether oxygens (including phenoxy) is 1. The Bertz CT molecular complexity index is 1250. The summed E-state index contributed by atoms with van der Waals surface area (Å²) in [6.07, 6.45) is -0.239. The van der Waals surface area contributed by atoms with Crippen molar-refractivity contribution in [3.63, 3.8) is 0 Å². The highest BCUT2D eigenvalue weighted by Gasteiger charge is 2.22. The van der Waals surface area contributed by atoms with Gasteiger partial charge in [0.25, 0.3) is 5.91 Å². The lowest BCUT2D eigenvalue weighted by atomic mass is 9.98. The van der Waals surface area contributed by atoms with Gasteiger partial charge in [0.1, 0.15) is 11.3 Å². The molecular weight excluding hydrogens is 434 g/mol. The van der Waals surface area contributed by atoms with Gasteiger partial charge in [-0.3, -0.25) is 4.79 Å². The number of carboxylic acid groups (broad SMARTS) is 1. The highest BCUT2D eigenvalue weighted by Crippen LogP contribution is 2.30. The number of carbonyl (C=O) groups is 2. The summed E-state index contributed by atoms with van der Waals surface area (Å²) in [4.78, 5) is 36.7. The van der Waals surface area contributed by atoms with Crippen molar-refractivity contribution in [3.8, 4) is 5.75 Å². The molecule has 0 radical (unpaired) electrons. The molecule has 2 aromatic carbocycles. The predicted molar refractivity (Wildman–Crippen MR) is 128 cm³/mol. The Balaban J connectivity index is 1.85. The Morgan fingerprint density at radius 2 is 1.71 bits per heavy atom. The Kier molecular flexibility index (Phi) is 7.76. The van der Waals surface area contributed by atoms with E-state index in [2.05, 4.69) is 5.32 Å². The van der Waals surface area contributed by atoms with Gasteiger partial charge in [-0.2, -0.15) is 0 Å². The van der Waals surface area contributed by atoms with E-state index in [-0.39, 0.29) is 12.3 Å². The summed E-state index contributed by atoms with van der Waals surface area (Å²) in [7, 11) is 0. The summed E-state index contributed by atoms with van der Waals surface area (Å²) in [6.45, 7) is 8.90. The molecular formula is C27H30NO6-. The first-order valence-corrected chi connectivity index (χ1v) is 11.4. The monoisotopic (exact) mass is 464 g/mol. The van der Waals surface area contributed by atoms with Crippen molar-refractivity contribution in [2.75, 3.05) is 0 Å². The first-order valence-electron chi connectivity index (χ1n) is 11.4. The summed E-state index contributed by atoms with van der Waals surface area (Å²) < 4.78 is 11.5. The summed E-state index contributed by atoms with van der Waals surface area (Å²) in [5.41, 5.74) is 3.02. The van der Waals surface area contributed by atoms with Crippen LogP contribution < -0.4 is 20.8 Å². The lowest BCUT2D eigenvalue weighted by Crippen LogP contribution is -2.51. The molecule has 2 atom stereocenters. The Hall–Kier alpha value is -3.61. The molecule has 180 valence electrons. The second-order valence-electron chi connectivity index (χ2n) is 8.99. The summed E-state index contributed by atoms with van der Waals surface area (Å²) in [5, 5.41) is 14.6. The Morgan fingerprint density at radius 3 is 2.32 bits per heavy atom. The fourth-order valence-corrected chi connectivity index (χ4v) is 3.92. The molecule has 3 aromatic rings. The summed E-state index contributed by atoms with van der Waals surface area (Å²) >= 11 is 0. The molecule has 3 rings (SSSR count). The van der Waals surface area contributed by atoms with E-state index in [0.29, 0.717) is 28.9 Å². The molecule has 0 saturated carbocycles. The van der Waals surface area contributed by atoms with E-state index in [9.17, 15) is 19.5 Å². The van der Waals surface area contributed by atoms with Crippen molar-refractivity contribution in [1.82, 2.24) is 5.32 Å². The number of nitrogens with one attached hydrogen (secondary N) is 1. The smallest absolute Gasteiger partial charge is 0.340 e. The van der Waals surface area contributed by atoms with Crippen LogP contribution in [0.25, 0.3) is 11.0 Å². The van der Waals surface area contributed by atoms with E-state index in [1.54, 1.807) is 19.1 Å². The van der Waals surface area contributed by atoms with Crippen molar-refractivity contribution in [3.05, 3.63) is 75.1 Å². The SMILES string of the molecule is Cc1c(Cc2ccccc2)c(=O)oc2c(C)c(O[C@@H](C)C(=O)N[C@@H](CC(C)C)C(=O)[O-])ccc12. The zero-order valence-electron chi connectivity index (χ0n) is 20.1. The maximum Gasteiger partial charge on any atom is 0.340 e. The largest absolute Gasteiger partial charge is 0.548 e. The average Bonchev–Trinajstić information content (AvgIpc) is 2.78. The minimum absolute atomic E-state index is 0.0695. The van der Waals surface area contributed by atoms with Gasteiger partial charge >= 0.3 is 5.63 Å². The second kappa shape index (κ2) is 10.5. The Labute approximate surface area is 198 Å². The molecule has 1 aromatic heterocycles. The standard InChI is InChI=1S/C27H31NO6/c1-15(2)13-22(26(30)31)28-25(29)18(5)33-23-12-11-20-16(3)21(14-19-9-7-6-8-10-19)27(32)34-24(20)17(23)4/h6-12,15,18,22H,13-14H2,1-5H3,(H,28,29)(H,30,31)/p-1/t18-,22-/m0/s1. The molecule has 0 bridgehead atoms. The number of fused-ring (bicyclic) bond motifs is 1. The van der Waals surface area contributed by atoms with E-state index in [1.165, 1.54) is 6.92 Å². The van der Waals surface area contributed by atoms with E-state index in [1.807, 2.05) is 51.1 Å². The molecule has 0 saturated heterocycles. The minimum Gasteiger partial charge on any atom is -0.548 e. The Morgan fingerprint density at radius 1 is 1.03 bits per heavy atom. The number of rotatable bonds is 9. The number of hydrogen-bond acceptors (Lipinski definition) is 6. The first-order chi connectivity index (χ1) is 16.1. The van der Waals surface area contributed by atoms with E-state index >= 15 is 0 Å². The summed E-state index contributed by atoms with van der Waals surface area (Å²) in [5.74, 6) is -1.45. The van der Waals surface area contributed by atoms with Crippen LogP contribution >= 0.6 is 0 Å². The average molecular weight is 465 g/mol. The van der Waals surface area contributed by atoms with Crippen molar-refractivity contribution in [2.45, 2.75) is 59.6 Å². The number of carbonyl (C=O) groups excluding carboxylic acids is 2. The number of aliphatic carboxylic acids is 1. The highest BCUT2D eigenvalue weighted by atomic mass is 16.5. The lowest BCUT2D eigenvalue weighted by molar-refractivity contribution is -0.308. The van der Waals surface area contributed by atoms with Crippen molar-refractivity contribution in [1.29, 1.82) is 0 Å². The van der Waals surface area contributed by atoms with Crippen molar-refractivity contribution >= 4 is 22.8 Å². The molecule has 1 N–H and O–H groups in total. The third-order valence-corrected chi connectivity index (χ3v) is 5.86. The molecule has 0 unspecified atom stereocenters. The molecule has 1 heterocycles. The van der Waals surface area contributed by atoms with E-state index in [0.717, 1.165) is 16.5 Å². The topological polar surface area (TPSA) is 109 Å². The highest BCUT2D eigenvalue weighted by molar-refractivity contribution is 5.87. The number of hydrogen-bond donors (Lipinski definition) is 1. The minimum atomic E-state index is -1.33. The van der Waals surface area contributed by atoms with E-state index in [4.69, 9.17) is 9.15 Å². The van der Waals surface area contributed by atoms with Crippen LogP contribution in [-0.2, 0) is 16.0 Å². The zero-order valence-corrected chi connectivity index (χ0v) is 20.1. The van der Waals surface area contributed by atoms with Gasteiger partial charge in [-0.1, -0.05) is 44.2 Å². The third kappa shape index (κ3) is 5.65. The zero-order chi connectivity index (χ0) is 25.0. The molecule has 0 aliphatic rings. The molecule has 0 fully saturated rings. The van der Waals surface area contributed by atoms with Gasteiger partial charge in [0.2, 0.25) is 0 Å². The molecule has 0 aliphatic heterocycles. The maximum atomic E-state index is 12.8. The normalized spacial score (nSPS) is 13.0. The van der Waals surface area contributed by atoms with Crippen LogP contribution in [0.4, 0.5) is 0 Å². The van der Waals surface area contributed by atoms with Gasteiger partial charge in [-0.15, -0.1) is 0 Å². The number of benzene rings is 2. The van der Waals surface area contributed by atoms with Crippen LogP contribution in [0, 0.1) is 19.8 Å². The fourth-order valence-electron chi connectivity index (χ4n) is 3.92. The van der Waals surface area contributed by atoms with Crippen LogP contribution in [0.3, 0.4) is 0 Å². The van der Waals surface area contributed by atoms with Gasteiger partial charge in [-0.25, -0.2) is 4.79 Å². The number of amides is 1. The van der Waals surface area contributed by atoms with Crippen LogP contribution in [0.1, 0.15) is 49.4 Å². The quantitative estimate of drug-likeness (QED) is 0.488. The fraction of sp³-hybridized carbons (Fsp3) is 0.370. The van der Waals surface area contributed by atoms with Crippen LogP contribution in [0.15, 0.2) is 51.7 Å². The van der Waals surface area contributed by atoms with Gasteiger partial charge in [0.15, 0.2) is 6.10 Å². The maximum absolute atomic E-state index is 12.8. The molecule has 0 spiro atoms. The van der Waals surface area contributed by atoms with Crippen LogP contribution in [0.2, 0.25) is 0 Å². The lowest BCUT2D eigenvalue weighted by Gasteiger charge is -2.24. The molecule has 7 heteroatoms. The van der Waals surface area contributed by atoms with Gasteiger partial charge < -0.3 is 24.4 Å². The van der Waals surface area contributed by atoms with Gasteiger partial charge in [0, 0.05) is 22.9 Å². The van der Waals surface area contributed by atoms with E-state index < -0.39 is 29.6 Å². The van der Waals surface area contributed by atoms with Crippen LogP contribution in [-0.4, -0.2) is 24.0 Å². The summed E-state index contributed by atoms with van der Waals surface area (Å²) in [6, 6.07) is 12.1. The predicted octanol–water partition coefficient (Wildman–Crippen LogP) is 3.05. The second-order valence-corrected chi connectivity index (χ2v) is 8.99. The third-order valence-electron chi connectivity index (χ3n) is 5.86. The van der Waals surface area contributed by atoms with Gasteiger partial charge in [0.05, 0.1) is 12.0 Å². The number of aryl methyl sites for hydroxylation is 2. The molecule has 1 amide bonds. The molecule has 7 nitrogen and oxygen atoms in total.